The van der Waals surface area contributed by atoms with E-state index < -0.39 is 5.54 Å². The van der Waals surface area contributed by atoms with Gasteiger partial charge in [-0.25, -0.2) is 0 Å². The maximum atomic E-state index is 13.2. The topological polar surface area (TPSA) is 106 Å². The van der Waals surface area contributed by atoms with E-state index in [0.29, 0.717) is 19.5 Å². The van der Waals surface area contributed by atoms with E-state index >= 15 is 0 Å². The largest absolute Gasteiger partial charge is 0.496 e. The first-order valence-corrected chi connectivity index (χ1v) is 11.8. The minimum atomic E-state index is -1.15. The highest BCUT2D eigenvalue weighted by atomic mass is 16.5. The Labute approximate surface area is 210 Å². The van der Waals surface area contributed by atoms with Gasteiger partial charge < -0.3 is 20.3 Å². The summed E-state index contributed by atoms with van der Waals surface area (Å²) in [5.74, 6) is -0.275. The molecule has 3 aromatic rings. The van der Waals surface area contributed by atoms with Crippen molar-refractivity contribution in [2.45, 2.75) is 38.9 Å². The summed E-state index contributed by atoms with van der Waals surface area (Å²) in [6, 6.07) is 17.0. The predicted molar refractivity (Wildman–Crippen MR) is 135 cm³/mol. The molecule has 1 aliphatic rings. The highest BCUT2D eigenvalue weighted by Crippen LogP contribution is 2.26. The fourth-order valence-corrected chi connectivity index (χ4v) is 4.23. The lowest BCUT2D eigenvalue weighted by molar-refractivity contribution is -0.132. The van der Waals surface area contributed by atoms with Crippen molar-refractivity contribution in [1.82, 2.24) is 25.3 Å². The average Bonchev–Trinajstić information content (AvgIpc) is 3.31. The lowest BCUT2D eigenvalue weighted by Crippen LogP contribution is -2.62. The Morgan fingerprint density at radius 1 is 1.11 bits per heavy atom. The van der Waals surface area contributed by atoms with Gasteiger partial charge in [0.25, 0.3) is 11.8 Å². The van der Waals surface area contributed by atoms with Crippen LogP contribution in [-0.2, 0) is 24.3 Å². The number of rotatable bonds is 8. The van der Waals surface area contributed by atoms with Gasteiger partial charge in [-0.05, 0) is 37.5 Å². The van der Waals surface area contributed by atoms with Crippen LogP contribution >= 0.6 is 0 Å². The molecule has 188 valence electrons. The lowest BCUT2D eigenvalue weighted by Gasteiger charge is -2.40. The Kier molecular flexibility index (Phi) is 7.10. The number of nitrogens with one attached hydrogen (secondary N) is 2. The molecule has 0 fully saturated rings. The second kappa shape index (κ2) is 10.2. The number of benzene rings is 2. The molecule has 0 spiro atoms. The number of likely N-dealkylation sites (N-methyl/N-ethyl adjacent to an activating group) is 1. The quantitative estimate of drug-likeness (QED) is 0.505. The minimum absolute atomic E-state index is 0.135. The van der Waals surface area contributed by atoms with Crippen LogP contribution < -0.4 is 15.4 Å². The summed E-state index contributed by atoms with van der Waals surface area (Å²) in [7, 11) is 3.20. The predicted octanol–water partition coefficient (Wildman–Crippen LogP) is 2.33. The molecular weight excluding hydrogens is 458 g/mol. The van der Waals surface area contributed by atoms with Crippen LogP contribution in [0.2, 0.25) is 0 Å². The monoisotopic (exact) mass is 489 g/mol. The fraction of sp³-hybridized carbons (Fsp3) is 0.333. The number of fused-ring (bicyclic) bond motifs is 1. The van der Waals surface area contributed by atoms with E-state index in [4.69, 9.17) is 4.74 Å². The van der Waals surface area contributed by atoms with Crippen LogP contribution in [0.4, 0.5) is 0 Å². The molecule has 0 bridgehead atoms. The summed E-state index contributed by atoms with van der Waals surface area (Å²) in [6.07, 6.45) is 0.588. The molecule has 0 saturated heterocycles. The second-order valence-electron chi connectivity index (χ2n) is 9.20. The van der Waals surface area contributed by atoms with Gasteiger partial charge in [0.15, 0.2) is 5.69 Å². The van der Waals surface area contributed by atoms with Crippen LogP contribution in [-0.4, -0.2) is 58.6 Å². The van der Waals surface area contributed by atoms with Gasteiger partial charge in [-0.1, -0.05) is 48.0 Å². The summed E-state index contributed by atoms with van der Waals surface area (Å²) in [6.45, 7) is 4.57. The zero-order valence-electron chi connectivity index (χ0n) is 21.0. The summed E-state index contributed by atoms with van der Waals surface area (Å²) in [5.41, 5.74) is 2.34. The van der Waals surface area contributed by atoms with Gasteiger partial charge in [0.2, 0.25) is 5.91 Å². The number of ether oxygens (including phenoxy) is 1. The second-order valence-corrected chi connectivity index (χ2v) is 9.20. The Bertz CT molecular complexity index is 1280. The van der Waals surface area contributed by atoms with Gasteiger partial charge in [-0.15, -0.1) is 0 Å². The van der Waals surface area contributed by atoms with E-state index in [2.05, 4.69) is 15.7 Å². The van der Waals surface area contributed by atoms with E-state index in [-0.39, 0.29) is 35.7 Å². The highest BCUT2D eigenvalue weighted by molar-refractivity contribution is 6.01. The van der Waals surface area contributed by atoms with Crippen molar-refractivity contribution in [3.05, 3.63) is 82.7 Å². The van der Waals surface area contributed by atoms with E-state index in [0.717, 1.165) is 22.4 Å². The summed E-state index contributed by atoms with van der Waals surface area (Å²) in [5, 5.41) is 10.1. The van der Waals surface area contributed by atoms with Crippen molar-refractivity contribution in [2.75, 3.05) is 20.7 Å². The smallest absolute Gasteiger partial charge is 0.272 e. The summed E-state index contributed by atoms with van der Waals surface area (Å²) in [4.78, 5) is 40.4. The molecule has 0 unspecified atom stereocenters. The third-order valence-corrected chi connectivity index (χ3v) is 6.67. The first kappa shape index (κ1) is 25.0. The lowest BCUT2D eigenvalue weighted by atomic mass is 9.95. The first-order chi connectivity index (χ1) is 17.2. The van der Waals surface area contributed by atoms with Crippen molar-refractivity contribution < 1.29 is 19.1 Å². The number of methoxy groups -OCH3 is 1. The van der Waals surface area contributed by atoms with Crippen molar-refractivity contribution in [3.63, 3.8) is 0 Å². The number of hydrogen-bond donors (Lipinski definition) is 2. The molecule has 3 amide bonds. The zero-order valence-corrected chi connectivity index (χ0v) is 21.0. The summed E-state index contributed by atoms with van der Waals surface area (Å²) >= 11 is 0. The third kappa shape index (κ3) is 4.95. The van der Waals surface area contributed by atoms with Gasteiger partial charge in [-0.3, -0.25) is 19.1 Å². The molecular formula is C27H31N5O4. The molecule has 2 aromatic carbocycles. The number of para-hydroxylation sites is 1. The molecule has 2 heterocycles. The molecule has 36 heavy (non-hydrogen) atoms. The normalized spacial score (nSPS) is 16.9. The van der Waals surface area contributed by atoms with Crippen LogP contribution in [0.25, 0.3) is 0 Å². The molecule has 0 saturated carbocycles. The van der Waals surface area contributed by atoms with E-state index in [1.54, 1.807) is 21.1 Å². The van der Waals surface area contributed by atoms with E-state index in [1.165, 1.54) is 15.6 Å². The maximum Gasteiger partial charge on any atom is 0.272 e. The van der Waals surface area contributed by atoms with E-state index in [9.17, 15) is 14.4 Å². The number of carbonyl (C=O) groups excluding carboxylic acids is 3. The molecule has 1 aliphatic heterocycles. The van der Waals surface area contributed by atoms with Gasteiger partial charge in [-0.2, -0.15) is 5.10 Å². The Morgan fingerprint density at radius 3 is 2.56 bits per heavy atom. The van der Waals surface area contributed by atoms with Crippen molar-refractivity contribution >= 4 is 17.7 Å². The SMILES string of the molecule is COc1ccccc1CCNC(=O)c1cc2n(n1)C[C@](C)(C(=O)NCc1ccc(C)cc1)N(C)C2=O. The van der Waals surface area contributed by atoms with Gasteiger partial charge >= 0.3 is 0 Å². The van der Waals surface area contributed by atoms with Crippen LogP contribution in [0.1, 0.15) is 44.6 Å². The van der Waals surface area contributed by atoms with Crippen molar-refractivity contribution in [2.24, 2.45) is 0 Å². The Hall–Kier alpha value is -4.14. The third-order valence-electron chi connectivity index (χ3n) is 6.67. The van der Waals surface area contributed by atoms with Crippen molar-refractivity contribution in [3.8, 4) is 5.75 Å². The van der Waals surface area contributed by atoms with Gasteiger partial charge in [0.05, 0.1) is 13.7 Å². The van der Waals surface area contributed by atoms with Crippen LogP contribution in [0.3, 0.4) is 0 Å². The van der Waals surface area contributed by atoms with Crippen LogP contribution in [0, 0.1) is 6.92 Å². The minimum Gasteiger partial charge on any atom is -0.496 e. The Balaban J connectivity index is 1.42. The summed E-state index contributed by atoms with van der Waals surface area (Å²) < 4.78 is 6.79. The molecule has 9 nitrogen and oxygen atoms in total. The maximum absolute atomic E-state index is 13.2. The number of hydrogen-bond acceptors (Lipinski definition) is 5. The number of carbonyl (C=O) groups is 3. The van der Waals surface area contributed by atoms with Crippen LogP contribution in [0.15, 0.2) is 54.6 Å². The van der Waals surface area contributed by atoms with Crippen molar-refractivity contribution in [1.29, 1.82) is 0 Å². The number of aryl methyl sites for hydroxylation is 1. The van der Waals surface area contributed by atoms with Gasteiger partial charge in [0.1, 0.15) is 17.0 Å². The molecule has 4 rings (SSSR count). The first-order valence-electron chi connectivity index (χ1n) is 11.8. The standard InChI is InChI=1S/C27H31N5O4/c1-18-9-11-19(12-10-18)16-29-26(35)27(2)17-32-22(25(34)31(27)3)15-21(30-32)24(33)28-14-13-20-7-5-6-8-23(20)36-4/h5-12,15H,13-14,16-17H2,1-4H3,(H,28,33)(H,29,35)/t27-/m1/s1. The number of nitrogens with zero attached hydrogens (tertiary/aromatic N) is 3. The average molecular weight is 490 g/mol. The van der Waals surface area contributed by atoms with E-state index in [1.807, 2.05) is 55.5 Å². The Morgan fingerprint density at radius 2 is 1.83 bits per heavy atom. The molecule has 1 atom stereocenters. The van der Waals surface area contributed by atoms with Crippen LogP contribution in [0.5, 0.6) is 5.75 Å². The number of amides is 3. The molecule has 9 heteroatoms. The highest BCUT2D eigenvalue weighted by Gasteiger charge is 2.46. The molecule has 1 aromatic heterocycles. The zero-order chi connectivity index (χ0) is 25.9. The molecule has 2 N–H and O–H groups in total. The fourth-order valence-electron chi connectivity index (χ4n) is 4.23. The van der Waals surface area contributed by atoms with Gasteiger partial charge in [0, 0.05) is 26.2 Å². The number of aromatic nitrogens is 2. The molecule has 0 radical (unpaired) electrons. The molecule has 0 aliphatic carbocycles.